The second kappa shape index (κ2) is 3.71. The first-order valence-electron chi connectivity index (χ1n) is 4.48. The number of amides is 1. The van der Waals surface area contributed by atoms with Crippen molar-refractivity contribution in [1.29, 1.82) is 0 Å². The van der Waals surface area contributed by atoms with Gasteiger partial charge in [-0.25, -0.2) is 9.97 Å². The lowest BCUT2D eigenvalue weighted by Crippen LogP contribution is -2.15. The third-order valence-electron chi connectivity index (χ3n) is 2.22. The van der Waals surface area contributed by atoms with Gasteiger partial charge in [0.2, 0.25) is 0 Å². The molecule has 1 aromatic heterocycles. The Balaban J connectivity index is 2.25. The molecule has 0 saturated carbocycles. The average Bonchev–Trinajstić information content (AvgIpc) is 2.71. The Hall–Kier alpha value is -1.49. The van der Waals surface area contributed by atoms with E-state index in [-0.39, 0.29) is 11.6 Å². The average molecular weight is 193 g/mol. The van der Waals surface area contributed by atoms with Gasteiger partial charge in [-0.15, -0.1) is 0 Å². The largest absolute Gasteiger partial charge is 0.381 e. The van der Waals surface area contributed by atoms with Gasteiger partial charge in [0, 0.05) is 18.7 Å². The minimum absolute atomic E-state index is 0.203. The second-order valence-corrected chi connectivity index (χ2v) is 3.22. The van der Waals surface area contributed by atoms with Gasteiger partial charge in [0.1, 0.15) is 11.5 Å². The van der Waals surface area contributed by atoms with E-state index >= 15 is 0 Å². The summed E-state index contributed by atoms with van der Waals surface area (Å²) in [7, 11) is 0. The number of primary amides is 1. The van der Waals surface area contributed by atoms with E-state index in [1.165, 1.54) is 6.07 Å². The van der Waals surface area contributed by atoms with Crippen LogP contribution < -0.4 is 5.73 Å². The summed E-state index contributed by atoms with van der Waals surface area (Å²) in [6.07, 6.45) is 2.46. The Morgan fingerprint density at radius 3 is 3.14 bits per heavy atom. The van der Waals surface area contributed by atoms with E-state index in [2.05, 4.69) is 9.97 Å². The van der Waals surface area contributed by atoms with Crippen LogP contribution >= 0.6 is 0 Å². The van der Waals surface area contributed by atoms with Crippen molar-refractivity contribution >= 4 is 5.91 Å². The van der Waals surface area contributed by atoms with Gasteiger partial charge in [0.25, 0.3) is 5.91 Å². The first-order valence-corrected chi connectivity index (χ1v) is 4.48. The van der Waals surface area contributed by atoms with E-state index in [0.717, 1.165) is 13.0 Å². The Morgan fingerprint density at radius 2 is 2.50 bits per heavy atom. The molecule has 0 radical (unpaired) electrons. The molecule has 5 heteroatoms. The zero-order valence-electron chi connectivity index (χ0n) is 7.64. The minimum atomic E-state index is -0.521. The molecule has 2 N–H and O–H groups in total. The van der Waals surface area contributed by atoms with Gasteiger partial charge in [0.15, 0.2) is 0 Å². The van der Waals surface area contributed by atoms with Gasteiger partial charge in [-0.2, -0.15) is 0 Å². The summed E-state index contributed by atoms with van der Waals surface area (Å²) in [4.78, 5) is 19.1. The molecule has 1 atom stereocenters. The van der Waals surface area contributed by atoms with Crippen molar-refractivity contribution < 1.29 is 9.53 Å². The minimum Gasteiger partial charge on any atom is -0.381 e. The van der Waals surface area contributed by atoms with E-state index in [4.69, 9.17) is 10.5 Å². The molecule has 0 spiro atoms. The van der Waals surface area contributed by atoms with Crippen molar-refractivity contribution in [3.63, 3.8) is 0 Å². The fourth-order valence-electron chi connectivity index (χ4n) is 1.45. The number of hydrogen-bond donors (Lipinski definition) is 1. The van der Waals surface area contributed by atoms with Gasteiger partial charge in [-0.1, -0.05) is 0 Å². The molecule has 74 valence electrons. The number of hydrogen-bond acceptors (Lipinski definition) is 4. The number of carbonyl (C=O) groups excluding carboxylic acids is 1. The molecule has 2 rings (SSSR count). The molecule has 14 heavy (non-hydrogen) atoms. The van der Waals surface area contributed by atoms with Gasteiger partial charge in [-0.05, 0) is 12.5 Å². The lowest BCUT2D eigenvalue weighted by molar-refractivity contribution is 0.0995. The maximum absolute atomic E-state index is 10.9. The van der Waals surface area contributed by atoms with Crippen LogP contribution in [0.15, 0.2) is 12.3 Å². The normalized spacial score (nSPS) is 21.0. The van der Waals surface area contributed by atoms with Gasteiger partial charge in [0.05, 0.1) is 6.61 Å². The number of nitrogens with zero attached hydrogens (tertiary/aromatic N) is 2. The predicted molar refractivity (Wildman–Crippen MR) is 48.7 cm³/mol. The third-order valence-corrected chi connectivity index (χ3v) is 2.22. The Kier molecular flexibility index (Phi) is 2.41. The summed E-state index contributed by atoms with van der Waals surface area (Å²) in [5.41, 5.74) is 5.39. The van der Waals surface area contributed by atoms with Crippen LogP contribution in [0.2, 0.25) is 0 Å². The van der Waals surface area contributed by atoms with Crippen LogP contribution in [0.4, 0.5) is 0 Å². The zero-order chi connectivity index (χ0) is 9.97. The molecule has 0 unspecified atom stereocenters. The summed E-state index contributed by atoms with van der Waals surface area (Å²) in [5.74, 6) is 0.334. The molecular weight excluding hydrogens is 182 g/mol. The first-order chi connectivity index (χ1) is 6.77. The number of carbonyl (C=O) groups is 1. The van der Waals surface area contributed by atoms with Crippen molar-refractivity contribution in [3.8, 4) is 0 Å². The third kappa shape index (κ3) is 1.72. The molecule has 5 nitrogen and oxygen atoms in total. The standard InChI is InChI=1S/C9H11N3O2/c10-8(13)7-1-3-11-9(12-7)6-2-4-14-5-6/h1,3,6H,2,4-5H2,(H2,10,13)/t6-/m0/s1. The quantitative estimate of drug-likeness (QED) is 0.721. The summed E-state index contributed by atoms with van der Waals surface area (Å²) >= 11 is 0. The fourth-order valence-corrected chi connectivity index (χ4v) is 1.45. The zero-order valence-corrected chi connectivity index (χ0v) is 7.64. The summed E-state index contributed by atoms with van der Waals surface area (Å²) in [5, 5.41) is 0. The Morgan fingerprint density at radius 1 is 1.64 bits per heavy atom. The molecule has 0 aromatic carbocycles. The van der Waals surface area contributed by atoms with Crippen LogP contribution in [0.5, 0.6) is 0 Å². The van der Waals surface area contributed by atoms with Crippen LogP contribution in [0, 0.1) is 0 Å². The first kappa shape index (κ1) is 9.08. The SMILES string of the molecule is NC(=O)c1ccnc([C@H]2CCOC2)n1. The van der Waals surface area contributed by atoms with Crippen molar-refractivity contribution in [2.75, 3.05) is 13.2 Å². The van der Waals surface area contributed by atoms with Crippen LogP contribution in [0.25, 0.3) is 0 Å². The fraction of sp³-hybridized carbons (Fsp3) is 0.444. The smallest absolute Gasteiger partial charge is 0.267 e. The molecule has 1 amide bonds. The van der Waals surface area contributed by atoms with E-state index in [9.17, 15) is 4.79 Å². The highest BCUT2D eigenvalue weighted by atomic mass is 16.5. The van der Waals surface area contributed by atoms with E-state index in [0.29, 0.717) is 12.4 Å². The molecule has 1 aromatic rings. The topological polar surface area (TPSA) is 78.1 Å². The molecule has 1 aliphatic rings. The molecule has 1 saturated heterocycles. The number of rotatable bonds is 2. The van der Waals surface area contributed by atoms with Crippen molar-refractivity contribution in [1.82, 2.24) is 9.97 Å². The Bertz CT molecular complexity index is 348. The van der Waals surface area contributed by atoms with Crippen molar-refractivity contribution in [2.45, 2.75) is 12.3 Å². The highest BCUT2D eigenvalue weighted by Crippen LogP contribution is 2.21. The van der Waals surface area contributed by atoms with E-state index in [1.54, 1.807) is 6.20 Å². The van der Waals surface area contributed by atoms with E-state index in [1.807, 2.05) is 0 Å². The van der Waals surface area contributed by atoms with Crippen LogP contribution in [-0.4, -0.2) is 29.1 Å². The number of ether oxygens (including phenoxy) is 1. The lowest BCUT2D eigenvalue weighted by Gasteiger charge is -2.05. The van der Waals surface area contributed by atoms with Crippen LogP contribution in [0.1, 0.15) is 28.7 Å². The summed E-state index contributed by atoms with van der Waals surface area (Å²) in [6.45, 7) is 1.36. The highest BCUT2D eigenvalue weighted by molar-refractivity contribution is 5.90. The number of nitrogens with two attached hydrogens (primary N) is 1. The monoisotopic (exact) mass is 193 g/mol. The summed E-state index contributed by atoms with van der Waals surface area (Å²) < 4.78 is 5.22. The van der Waals surface area contributed by atoms with Crippen molar-refractivity contribution in [3.05, 3.63) is 23.8 Å². The predicted octanol–water partition coefficient (Wildman–Crippen LogP) is 0.0794. The summed E-state index contributed by atoms with van der Waals surface area (Å²) in [6, 6.07) is 1.52. The van der Waals surface area contributed by atoms with Gasteiger partial charge in [-0.3, -0.25) is 4.79 Å². The maximum Gasteiger partial charge on any atom is 0.267 e. The van der Waals surface area contributed by atoms with E-state index < -0.39 is 5.91 Å². The number of aromatic nitrogens is 2. The highest BCUT2D eigenvalue weighted by Gasteiger charge is 2.20. The second-order valence-electron chi connectivity index (χ2n) is 3.22. The molecule has 1 aliphatic heterocycles. The van der Waals surface area contributed by atoms with Gasteiger partial charge >= 0.3 is 0 Å². The molecule has 2 heterocycles. The maximum atomic E-state index is 10.9. The van der Waals surface area contributed by atoms with Gasteiger partial charge < -0.3 is 10.5 Å². The molecular formula is C9H11N3O2. The van der Waals surface area contributed by atoms with Crippen LogP contribution in [-0.2, 0) is 4.74 Å². The Labute approximate surface area is 81.3 Å². The molecule has 0 aliphatic carbocycles. The van der Waals surface area contributed by atoms with Crippen LogP contribution in [0.3, 0.4) is 0 Å². The van der Waals surface area contributed by atoms with Crippen molar-refractivity contribution in [2.24, 2.45) is 5.73 Å². The molecule has 1 fully saturated rings. The lowest BCUT2D eigenvalue weighted by atomic mass is 10.1. The molecule has 0 bridgehead atoms.